The quantitative estimate of drug-likeness (QED) is 0.255. The van der Waals surface area contributed by atoms with E-state index in [1.165, 1.54) is 23.9 Å². The third kappa shape index (κ3) is 23.4. The zero-order valence-corrected chi connectivity index (χ0v) is 21.4. The van der Waals surface area contributed by atoms with E-state index in [9.17, 15) is 14.7 Å². The molecule has 19 nitrogen and oxygen atoms in total. The number of hydrogen-bond acceptors (Lipinski definition) is 17. The number of aromatic nitrogens is 2. The van der Waals surface area contributed by atoms with Gasteiger partial charge in [0.2, 0.25) is 0 Å². The number of aliphatic hydroxyl groups is 1. The van der Waals surface area contributed by atoms with Crippen LogP contribution in [-0.4, -0.2) is 40.1 Å². The number of hydrogen-bond donors (Lipinski definition) is 2. The number of aliphatic hydroxyl groups excluding tert-OH is 1. The first-order valence-electron chi connectivity index (χ1n) is 7.41. The van der Waals surface area contributed by atoms with E-state index in [4.69, 9.17) is 67.2 Å². The Morgan fingerprint density at radius 3 is 1.64 bits per heavy atom. The van der Waals surface area contributed by atoms with E-state index in [2.05, 4.69) is 4.98 Å². The number of aromatic amines is 1. The second kappa shape index (κ2) is 15.8. The molecular formula is C10H14N2NaO17P3-8. The number of nitrogens with one attached hydrogen (secondary N) is 1. The van der Waals surface area contributed by atoms with E-state index in [-0.39, 0.29) is 29.6 Å². The molecule has 0 aromatic carbocycles. The topological polar surface area (TPSA) is 352 Å². The Kier molecular flexibility index (Phi) is 17.9. The van der Waals surface area contributed by atoms with Crippen molar-refractivity contribution < 1.29 is 102 Å². The van der Waals surface area contributed by atoms with E-state index < -0.39 is 59.3 Å². The molecule has 0 spiro atoms. The Labute approximate surface area is 206 Å². The maximum Gasteiger partial charge on any atom is 1.00 e. The largest absolute Gasteiger partial charge is 1.00 e. The minimum Gasteiger partial charge on any atom is -0.822 e. The summed E-state index contributed by atoms with van der Waals surface area (Å²) in [6.45, 7) is 1.69. The van der Waals surface area contributed by atoms with Crippen LogP contribution in [0.15, 0.2) is 21.9 Å². The van der Waals surface area contributed by atoms with Crippen molar-refractivity contribution in [1.29, 1.82) is 0 Å². The number of phosphoric acid groups is 3. The monoisotopic (exact) mass is 550 g/mol. The van der Waals surface area contributed by atoms with Crippen molar-refractivity contribution in [2.45, 2.75) is 31.5 Å². The molecule has 1 aliphatic rings. The minimum absolute atomic E-state index is 0. The van der Waals surface area contributed by atoms with Crippen LogP contribution in [0, 0.1) is 0 Å². The van der Waals surface area contributed by atoms with Crippen LogP contribution < -0.4 is 84.8 Å². The molecule has 4 unspecified atom stereocenters. The summed E-state index contributed by atoms with van der Waals surface area (Å²) < 4.78 is 37.4. The Hall–Kier alpha value is -0.110. The van der Waals surface area contributed by atoms with Crippen molar-refractivity contribution in [2.24, 2.45) is 0 Å². The van der Waals surface area contributed by atoms with Crippen molar-refractivity contribution in [3.63, 3.8) is 0 Å². The van der Waals surface area contributed by atoms with Gasteiger partial charge in [-0.3, -0.25) is 14.3 Å². The van der Waals surface area contributed by atoms with Crippen LogP contribution in [0.3, 0.4) is 0 Å². The van der Waals surface area contributed by atoms with Gasteiger partial charge < -0.3 is 72.3 Å². The third-order valence-electron chi connectivity index (χ3n) is 2.85. The Morgan fingerprint density at radius 2 is 1.33 bits per heavy atom. The summed E-state index contributed by atoms with van der Waals surface area (Å²) in [5.41, 5.74) is -1.07. The standard InChI is InChI=1S/C10H14N2O5.Na.3H3O4P/c1-5-7(14)8(16-2)9(17-5)12-4-3-6(13)11-10(12)15;;3*1-5(2,3)4/h3-5,7-9,14H,1-2H3,(H,11,13,15);;3*(H3,1,2,3,4)/q;+1;;;/p-9. The smallest absolute Gasteiger partial charge is 0.822 e. The average Bonchev–Trinajstić information content (AvgIpc) is 2.77. The van der Waals surface area contributed by atoms with Crippen LogP contribution in [0.5, 0.6) is 0 Å². The molecule has 2 rings (SSSR count). The van der Waals surface area contributed by atoms with Crippen LogP contribution in [-0.2, 0) is 23.2 Å². The molecule has 1 saturated heterocycles. The SMILES string of the molecule is COC1C(O)C(C)OC1n1ccc(=O)[nH]c1=O.O=P([O-])([O-])[O-].O=P([O-])([O-])[O-].O=P([O-])([O-])[O-].[Na+]. The van der Waals surface area contributed by atoms with Gasteiger partial charge in [-0.2, -0.15) is 23.5 Å². The molecule has 0 saturated carbocycles. The van der Waals surface area contributed by atoms with Gasteiger partial charge in [0, 0.05) is 19.4 Å². The molecular weight excluding hydrogens is 536 g/mol. The average molecular weight is 550 g/mol. The van der Waals surface area contributed by atoms with Gasteiger partial charge >= 0.3 is 35.2 Å². The molecule has 2 heterocycles. The van der Waals surface area contributed by atoms with E-state index >= 15 is 0 Å². The minimum atomic E-state index is -5.39. The second-order valence-electron chi connectivity index (χ2n) is 5.28. The molecule has 0 bridgehead atoms. The van der Waals surface area contributed by atoms with Gasteiger partial charge in [0.1, 0.15) is 12.2 Å². The Balaban J connectivity index is -0.000000466. The number of rotatable bonds is 2. The van der Waals surface area contributed by atoms with E-state index in [0.29, 0.717) is 0 Å². The van der Waals surface area contributed by atoms with Crippen molar-refractivity contribution in [3.05, 3.63) is 33.1 Å². The number of H-pyrrole nitrogens is 1. The summed E-state index contributed by atoms with van der Waals surface area (Å²) in [6, 6.07) is 1.22. The van der Waals surface area contributed by atoms with E-state index in [1.54, 1.807) is 6.92 Å². The zero-order valence-electron chi connectivity index (χ0n) is 16.7. The summed E-state index contributed by atoms with van der Waals surface area (Å²) in [5, 5.41) is 9.80. The number of methoxy groups -OCH3 is 1. The van der Waals surface area contributed by atoms with Gasteiger partial charge in [0.25, 0.3) is 5.56 Å². The molecule has 1 fully saturated rings. The molecule has 190 valence electrons. The molecule has 23 heteroatoms. The van der Waals surface area contributed by atoms with Gasteiger partial charge in [0.05, 0.1) is 6.10 Å². The van der Waals surface area contributed by atoms with Crippen LogP contribution in [0.2, 0.25) is 0 Å². The summed E-state index contributed by atoms with van der Waals surface area (Å²) in [5.74, 6) is 0. The zero-order chi connectivity index (χ0) is 26.1. The van der Waals surface area contributed by atoms with Gasteiger partial charge in [0.15, 0.2) is 6.23 Å². The molecule has 1 aromatic rings. The van der Waals surface area contributed by atoms with E-state index in [0.717, 1.165) is 0 Å². The van der Waals surface area contributed by atoms with Gasteiger partial charge in [-0.25, -0.2) is 4.79 Å². The third-order valence-corrected chi connectivity index (χ3v) is 2.85. The summed E-state index contributed by atoms with van der Waals surface area (Å²) in [4.78, 5) is 102. The summed E-state index contributed by atoms with van der Waals surface area (Å²) in [6.07, 6.45) is -1.32. The second-order valence-corrected chi connectivity index (χ2v) is 7.97. The predicted octanol–water partition coefficient (Wildman–Crippen LogP) is -12.6. The first-order chi connectivity index (χ1) is 14.0. The fraction of sp³-hybridized carbons (Fsp3) is 0.600. The molecule has 0 aliphatic carbocycles. The summed E-state index contributed by atoms with van der Waals surface area (Å²) >= 11 is 0. The van der Waals surface area contributed by atoms with Crippen molar-refractivity contribution >= 4 is 23.5 Å². The predicted molar refractivity (Wildman–Crippen MR) is 80.5 cm³/mol. The van der Waals surface area contributed by atoms with Crippen LogP contribution in [0.25, 0.3) is 0 Å². The molecule has 4 atom stereocenters. The molecule has 33 heavy (non-hydrogen) atoms. The molecule has 1 aliphatic heterocycles. The van der Waals surface area contributed by atoms with Gasteiger partial charge in [-0.1, -0.05) is 0 Å². The molecule has 0 radical (unpaired) electrons. The van der Waals surface area contributed by atoms with Gasteiger partial charge in [-0.15, -0.1) is 0 Å². The fourth-order valence-electron chi connectivity index (χ4n) is 1.92. The number of ether oxygens (including phenoxy) is 2. The summed E-state index contributed by atoms with van der Waals surface area (Å²) in [7, 11) is -14.7. The fourth-order valence-corrected chi connectivity index (χ4v) is 1.92. The van der Waals surface area contributed by atoms with Gasteiger partial charge in [-0.05, 0) is 6.92 Å². The Bertz CT molecular complexity index is 877. The molecule has 2 N–H and O–H groups in total. The maximum absolute atomic E-state index is 11.6. The van der Waals surface area contributed by atoms with Crippen LogP contribution in [0.1, 0.15) is 13.2 Å². The number of nitrogens with zero attached hydrogens (tertiary/aromatic N) is 1. The maximum atomic E-state index is 11.6. The Morgan fingerprint density at radius 1 is 0.970 bits per heavy atom. The first kappa shape index (κ1) is 37.4. The first-order valence-corrected chi connectivity index (χ1v) is 11.8. The van der Waals surface area contributed by atoms with E-state index in [1.807, 2.05) is 0 Å². The van der Waals surface area contributed by atoms with Crippen molar-refractivity contribution in [3.8, 4) is 0 Å². The van der Waals surface area contributed by atoms with Crippen molar-refractivity contribution in [2.75, 3.05) is 7.11 Å². The van der Waals surface area contributed by atoms with Crippen LogP contribution in [0.4, 0.5) is 0 Å². The van der Waals surface area contributed by atoms with Crippen molar-refractivity contribution in [1.82, 2.24) is 9.55 Å². The molecule has 1 aromatic heterocycles. The molecule has 0 amide bonds. The normalized spacial score (nSPS) is 22.3. The van der Waals surface area contributed by atoms with Crippen LogP contribution >= 0.6 is 23.5 Å².